The Morgan fingerprint density at radius 3 is 2.26 bits per heavy atom. The zero-order chi connectivity index (χ0) is 46.0. The summed E-state index contributed by atoms with van der Waals surface area (Å²) < 4.78 is 15.4. The van der Waals surface area contributed by atoms with Crippen LogP contribution < -0.4 is 10.1 Å². The van der Waals surface area contributed by atoms with Gasteiger partial charge in [-0.25, -0.2) is 0 Å². The van der Waals surface area contributed by atoms with Crippen molar-refractivity contribution in [2.24, 2.45) is 0 Å². The minimum atomic E-state index is -1.50. The zero-order valence-corrected chi connectivity index (χ0v) is 42.7. The zero-order valence-electron chi connectivity index (χ0n) is 40.3. The van der Waals surface area contributed by atoms with Gasteiger partial charge in [-0.15, -0.1) is 47.1 Å². The Hall–Kier alpha value is -5.78. The molecule has 0 bridgehead atoms. The van der Waals surface area contributed by atoms with Gasteiger partial charge in [-0.05, 0) is 105 Å². The monoisotopic (exact) mass is 1060 g/mol. The molecule has 0 spiro atoms. The number of rotatable bonds is 6. The number of fused-ring (bicyclic) bond motifs is 8. The molecule has 0 N–H and O–H groups in total. The van der Waals surface area contributed by atoms with Crippen molar-refractivity contribution in [3.8, 4) is 22.4 Å². The molecule has 66 heavy (non-hydrogen) atoms. The third-order valence-electron chi connectivity index (χ3n) is 13.3. The fourth-order valence-electron chi connectivity index (χ4n) is 9.81. The summed E-state index contributed by atoms with van der Waals surface area (Å²) in [4.78, 5) is 7.03. The molecular formula is C60H58IrN3OSi. The van der Waals surface area contributed by atoms with E-state index in [1.54, 1.807) is 0 Å². The summed E-state index contributed by atoms with van der Waals surface area (Å²) in [7, 11) is -1.50. The first kappa shape index (κ1) is 44.1. The van der Waals surface area contributed by atoms with E-state index in [-0.39, 0.29) is 31.7 Å². The summed E-state index contributed by atoms with van der Waals surface area (Å²) in [5.74, 6) is -0.609. The van der Waals surface area contributed by atoms with Crippen molar-refractivity contribution in [1.29, 1.82) is 0 Å². The van der Waals surface area contributed by atoms with Gasteiger partial charge < -0.3 is 19.6 Å². The summed E-state index contributed by atoms with van der Waals surface area (Å²) in [6.07, 6.45) is 6.30. The van der Waals surface area contributed by atoms with Crippen LogP contribution in [0.25, 0.3) is 60.4 Å². The van der Waals surface area contributed by atoms with Gasteiger partial charge in [0.25, 0.3) is 0 Å². The molecule has 7 aromatic carbocycles. The van der Waals surface area contributed by atoms with Gasteiger partial charge in [-0.2, -0.15) is 18.2 Å². The summed E-state index contributed by atoms with van der Waals surface area (Å²) in [6, 6.07) is 56.3. The number of pyridine rings is 1. The van der Waals surface area contributed by atoms with Crippen LogP contribution in [-0.2, 0) is 38.4 Å². The predicted molar refractivity (Wildman–Crippen MR) is 277 cm³/mol. The van der Waals surface area contributed by atoms with E-state index < -0.39 is 14.0 Å². The second kappa shape index (κ2) is 18.1. The SMILES string of the molecule is CC(C)(C)c1ccc(N2c3ccc4ccccc4c3[N-]C2c2[c-]ccc3c2oc2c4c(ccc23)CCCC4)c(-c2ccccc2)c1.[2H]C(C)(C)c1cc(-c2[c-]cccc2)ncc1[Si](C)(C)C.[Ir+3]. The van der Waals surface area contributed by atoms with Crippen LogP contribution in [0.2, 0.25) is 19.6 Å². The summed E-state index contributed by atoms with van der Waals surface area (Å²) in [5, 5.41) is 11.5. The molecule has 1 aliphatic carbocycles. The first-order valence-corrected chi connectivity index (χ1v) is 26.7. The van der Waals surface area contributed by atoms with Crippen LogP contribution in [0.15, 0.2) is 150 Å². The molecule has 3 heterocycles. The maximum absolute atomic E-state index is 8.44. The van der Waals surface area contributed by atoms with Crippen LogP contribution in [0.3, 0.4) is 0 Å². The van der Waals surface area contributed by atoms with E-state index in [1.165, 1.54) is 56.6 Å². The largest absolute Gasteiger partial charge is 3.00 e. The predicted octanol–water partition coefficient (Wildman–Crippen LogP) is 16.5. The van der Waals surface area contributed by atoms with E-state index in [4.69, 9.17) is 11.1 Å². The molecule has 0 saturated heterocycles. The molecule has 2 aromatic heterocycles. The molecule has 1 atom stereocenters. The van der Waals surface area contributed by atoms with E-state index in [2.05, 4.69) is 178 Å². The normalized spacial score (nSPS) is 15.1. The van der Waals surface area contributed by atoms with Gasteiger partial charge in [0.2, 0.25) is 0 Å². The Bertz CT molecular complexity index is 3250. The van der Waals surface area contributed by atoms with Crippen LogP contribution >= 0.6 is 0 Å². The average molecular weight is 1060 g/mol. The van der Waals surface area contributed by atoms with Gasteiger partial charge in [0.15, 0.2) is 0 Å². The topological polar surface area (TPSA) is 43.4 Å². The maximum Gasteiger partial charge on any atom is 3.00 e. The fourth-order valence-corrected chi connectivity index (χ4v) is 11.4. The minimum absolute atomic E-state index is 0. The molecule has 0 radical (unpaired) electrons. The second-order valence-electron chi connectivity index (χ2n) is 20.0. The average Bonchev–Trinajstić information content (AvgIpc) is 3.91. The number of hydrogen-bond acceptors (Lipinski definition) is 3. The number of anilines is 2. The van der Waals surface area contributed by atoms with Crippen molar-refractivity contribution < 1.29 is 25.9 Å². The molecule has 1 aliphatic heterocycles. The van der Waals surface area contributed by atoms with Gasteiger partial charge in [-0.1, -0.05) is 150 Å². The first-order chi connectivity index (χ1) is 31.6. The van der Waals surface area contributed by atoms with E-state index in [1.807, 2.05) is 44.3 Å². The van der Waals surface area contributed by atoms with Crippen LogP contribution in [0, 0.1) is 12.1 Å². The van der Waals surface area contributed by atoms with Crippen molar-refractivity contribution in [1.82, 2.24) is 4.98 Å². The fraction of sp³-hybridized carbons (Fsp3) is 0.250. The van der Waals surface area contributed by atoms with E-state index in [9.17, 15) is 0 Å². The first-order valence-electron chi connectivity index (χ1n) is 23.7. The Balaban J connectivity index is 0.000000226. The molecule has 2 aliphatic rings. The Morgan fingerprint density at radius 2 is 1.50 bits per heavy atom. The number of hydrogen-bond donors (Lipinski definition) is 0. The van der Waals surface area contributed by atoms with E-state index >= 15 is 0 Å². The number of benzene rings is 7. The minimum Gasteiger partial charge on any atom is -0.660 e. The van der Waals surface area contributed by atoms with Crippen molar-refractivity contribution in [2.75, 3.05) is 4.90 Å². The number of furan rings is 1. The van der Waals surface area contributed by atoms with Gasteiger partial charge in [0.1, 0.15) is 5.58 Å². The van der Waals surface area contributed by atoms with Crippen molar-refractivity contribution in [2.45, 2.75) is 97.4 Å². The van der Waals surface area contributed by atoms with Crippen molar-refractivity contribution in [3.05, 3.63) is 191 Å². The molecule has 11 rings (SSSR count). The molecular weight excluding hydrogens is 999 g/mol. The van der Waals surface area contributed by atoms with Gasteiger partial charge >= 0.3 is 20.1 Å². The van der Waals surface area contributed by atoms with Crippen LogP contribution in [0.1, 0.15) is 88.7 Å². The van der Waals surface area contributed by atoms with Gasteiger partial charge in [0.05, 0.1) is 8.07 Å². The van der Waals surface area contributed by atoms with Crippen LogP contribution in [-0.4, -0.2) is 13.1 Å². The van der Waals surface area contributed by atoms with E-state index in [0.717, 1.165) is 74.2 Å². The quantitative estimate of drug-likeness (QED) is 0.123. The maximum atomic E-state index is 8.44. The molecule has 0 amide bonds. The number of nitrogens with zero attached hydrogens (tertiary/aromatic N) is 3. The summed E-state index contributed by atoms with van der Waals surface area (Å²) >= 11 is 0. The Morgan fingerprint density at radius 1 is 0.758 bits per heavy atom. The molecule has 1 unspecified atom stereocenters. The van der Waals surface area contributed by atoms with Crippen molar-refractivity contribution in [3.63, 3.8) is 0 Å². The Kier molecular flexibility index (Phi) is 12.1. The number of aromatic nitrogens is 1. The second-order valence-corrected chi connectivity index (χ2v) is 25.1. The molecule has 4 nitrogen and oxygen atoms in total. The molecule has 0 saturated carbocycles. The third-order valence-corrected chi connectivity index (χ3v) is 15.3. The van der Waals surface area contributed by atoms with Crippen LogP contribution in [0.5, 0.6) is 0 Å². The molecule has 9 aromatic rings. The molecule has 332 valence electrons. The van der Waals surface area contributed by atoms with E-state index in [0.29, 0.717) is 0 Å². The van der Waals surface area contributed by atoms with Gasteiger partial charge in [0, 0.05) is 35.5 Å². The smallest absolute Gasteiger partial charge is 0.660 e. The third kappa shape index (κ3) is 8.45. The van der Waals surface area contributed by atoms with Crippen molar-refractivity contribution >= 4 is 63.0 Å². The number of aryl methyl sites for hydroxylation is 2. The molecule has 6 heteroatoms. The summed E-state index contributed by atoms with van der Waals surface area (Å²) in [5.41, 5.74) is 15.6. The molecule has 0 fully saturated rings. The standard InChI is InChI=1S/C43H36N2O.C17H22NSi.Ir/c1-43(2,3)30-22-25-37(36(26-30)27-12-5-4-6-13-27)45-38-24-21-28-14-7-9-16-31(28)39(38)44-42(45)35-19-11-18-33-34-23-20-29-15-8-10-17-32(29)40(34)46-41(33)35;1-13(2)15-11-16(14-9-7-6-8-10-14)18-12-17(15)19(3,4)5;/h4-7,9,11-14,16,18,20-26,42H,8,10,15,17H2,1-3H3;6-9,11-13H,1-5H3;/q-2;-1;+3/i;13D;. The Labute approximate surface area is 407 Å². The van der Waals surface area contributed by atoms with Crippen LogP contribution in [0.4, 0.5) is 17.1 Å². The van der Waals surface area contributed by atoms with Gasteiger partial charge in [-0.3, -0.25) is 0 Å². The summed E-state index contributed by atoms with van der Waals surface area (Å²) in [6.45, 7) is 17.6.